The second kappa shape index (κ2) is 6.21. The molecule has 4 heteroatoms. The molecule has 16 heavy (non-hydrogen) atoms. The zero-order valence-electron chi connectivity index (χ0n) is 10.7. The summed E-state index contributed by atoms with van der Waals surface area (Å²) in [6, 6.07) is 0. The highest BCUT2D eigenvalue weighted by Gasteiger charge is 2.22. The van der Waals surface area contributed by atoms with Gasteiger partial charge in [-0.25, -0.2) is 0 Å². The number of hydrogen-bond acceptors (Lipinski definition) is 4. The van der Waals surface area contributed by atoms with E-state index in [4.69, 9.17) is 4.74 Å². The highest BCUT2D eigenvalue weighted by atomic mass is 16.5. The van der Waals surface area contributed by atoms with E-state index >= 15 is 0 Å². The summed E-state index contributed by atoms with van der Waals surface area (Å²) in [5.41, 5.74) is -0.380. The quantitative estimate of drug-likeness (QED) is 0.573. The van der Waals surface area contributed by atoms with Crippen LogP contribution in [0.2, 0.25) is 0 Å². The Hall–Kier alpha value is -0.610. The van der Waals surface area contributed by atoms with Crippen molar-refractivity contribution in [2.24, 2.45) is 5.41 Å². The van der Waals surface area contributed by atoms with Gasteiger partial charge in [-0.2, -0.15) is 0 Å². The summed E-state index contributed by atoms with van der Waals surface area (Å²) in [4.78, 5) is 13.9. The Morgan fingerprint density at radius 1 is 1.31 bits per heavy atom. The second-order valence-corrected chi connectivity index (χ2v) is 5.33. The van der Waals surface area contributed by atoms with Crippen LogP contribution in [0.4, 0.5) is 0 Å². The number of carbonyl (C=O) groups excluding carboxylic acids is 1. The summed E-state index contributed by atoms with van der Waals surface area (Å²) in [6.07, 6.45) is 0.932. The standard InChI is InChI=1S/C12H24N2O2/c1-12(2,3)11(15)16-10-4-7-14-8-5-13-6-9-14/h13H,4-10H2,1-3H3. The molecule has 0 bridgehead atoms. The van der Waals surface area contributed by atoms with E-state index in [1.54, 1.807) is 0 Å². The Morgan fingerprint density at radius 3 is 2.50 bits per heavy atom. The van der Waals surface area contributed by atoms with Crippen LogP contribution in [-0.2, 0) is 9.53 Å². The minimum Gasteiger partial charge on any atom is -0.465 e. The molecule has 0 atom stereocenters. The molecule has 94 valence electrons. The van der Waals surface area contributed by atoms with Crippen molar-refractivity contribution in [3.05, 3.63) is 0 Å². The molecule has 4 nitrogen and oxygen atoms in total. The molecule has 0 radical (unpaired) electrons. The fourth-order valence-electron chi connectivity index (χ4n) is 1.60. The summed E-state index contributed by atoms with van der Waals surface area (Å²) in [6.45, 7) is 11.6. The number of carbonyl (C=O) groups is 1. The molecule has 0 aromatic carbocycles. The van der Waals surface area contributed by atoms with E-state index in [2.05, 4.69) is 10.2 Å². The Morgan fingerprint density at radius 2 is 1.94 bits per heavy atom. The molecule has 1 heterocycles. The van der Waals surface area contributed by atoms with Crippen molar-refractivity contribution in [1.29, 1.82) is 0 Å². The van der Waals surface area contributed by atoms with Gasteiger partial charge in [-0.1, -0.05) is 0 Å². The highest BCUT2D eigenvalue weighted by Crippen LogP contribution is 2.15. The van der Waals surface area contributed by atoms with Crippen molar-refractivity contribution in [3.63, 3.8) is 0 Å². The van der Waals surface area contributed by atoms with Gasteiger partial charge in [0, 0.05) is 32.7 Å². The van der Waals surface area contributed by atoms with E-state index in [0.29, 0.717) is 6.61 Å². The van der Waals surface area contributed by atoms with Crippen molar-refractivity contribution in [3.8, 4) is 0 Å². The van der Waals surface area contributed by atoms with E-state index in [-0.39, 0.29) is 11.4 Å². The zero-order chi connectivity index (χ0) is 12.0. The van der Waals surface area contributed by atoms with Gasteiger partial charge in [0.15, 0.2) is 0 Å². The van der Waals surface area contributed by atoms with Crippen LogP contribution in [0.25, 0.3) is 0 Å². The van der Waals surface area contributed by atoms with Crippen LogP contribution in [0.1, 0.15) is 27.2 Å². The Kier molecular flexibility index (Phi) is 5.22. The average Bonchev–Trinajstić information content (AvgIpc) is 2.24. The fourth-order valence-corrected chi connectivity index (χ4v) is 1.60. The van der Waals surface area contributed by atoms with Gasteiger partial charge in [-0.05, 0) is 27.2 Å². The molecule has 0 saturated carbocycles. The molecule has 1 aliphatic heterocycles. The van der Waals surface area contributed by atoms with E-state index in [1.807, 2.05) is 20.8 Å². The van der Waals surface area contributed by atoms with Gasteiger partial charge in [0.25, 0.3) is 0 Å². The van der Waals surface area contributed by atoms with Gasteiger partial charge < -0.3 is 15.0 Å². The minimum absolute atomic E-state index is 0.104. The van der Waals surface area contributed by atoms with E-state index in [1.165, 1.54) is 0 Å². The maximum atomic E-state index is 11.5. The number of esters is 1. The van der Waals surface area contributed by atoms with Crippen LogP contribution >= 0.6 is 0 Å². The van der Waals surface area contributed by atoms with E-state index in [0.717, 1.165) is 39.1 Å². The maximum absolute atomic E-state index is 11.5. The molecule has 0 spiro atoms. The molecule has 0 aromatic rings. The maximum Gasteiger partial charge on any atom is 0.311 e. The van der Waals surface area contributed by atoms with Gasteiger partial charge in [0.2, 0.25) is 0 Å². The van der Waals surface area contributed by atoms with Gasteiger partial charge in [0.1, 0.15) is 0 Å². The van der Waals surface area contributed by atoms with Gasteiger partial charge >= 0.3 is 5.97 Å². The lowest BCUT2D eigenvalue weighted by Gasteiger charge is -2.27. The zero-order valence-corrected chi connectivity index (χ0v) is 10.7. The number of piperazine rings is 1. The van der Waals surface area contributed by atoms with Crippen LogP contribution in [0.3, 0.4) is 0 Å². The third-order valence-electron chi connectivity index (χ3n) is 2.67. The molecule has 0 unspecified atom stereocenters. The first-order chi connectivity index (χ1) is 7.50. The monoisotopic (exact) mass is 228 g/mol. The van der Waals surface area contributed by atoms with Crippen LogP contribution in [0.15, 0.2) is 0 Å². The highest BCUT2D eigenvalue weighted by molar-refractivity contribution is 5.75. The topological polar surface area (TPSA) is 41.6 Å². The average molecular weight is 228 g/mol. The van der Waals surface area contributed by atoms with Crippen LogP contribution < -0.4 is 5.32 Å². The number of nitrogens with one attached hydrogen (secondary N) is 1. The Labute approximate surface area is 98.3 Å². The van der Waals surface area contributed by atoms with Crippen molar-refractivity contribution in [1.82, 2.24) is 10.2 Å². The first-order valence-electron chi connectivity index (χ1n) is 6.10. The number of nitrogens with zero attached hydrogens (tertiary/aromatic N) is 1. The Balaban J connectivity index is 2.05. The summed E-state index contributed by atoms with van der Waals surface area (Å²) in [5.74, 6) is -0.104. The first-order valence-corrected chi connectivity index (χ1v) is 6.10. The molecule has 1 rings (SSSR count). The molecular formula is C12H24N2O2. The Bertz CT molecular complexity index is 218. The lowest BCUT2D eigenvalue weighted by molar-refractivity contribution is -0.153. The largest absolute Gasteiger partial charge is 0.465 e. The number of ether oxygens (including phenoxy) is 1. The van der Waals surface area contributed by atoms with Crippen LogP contribution in [-0.4, -0.2) is 50.2 Å². The third-order valence-corrected chi connectivity index (χ3v) is 2.67. The van der Waals surface area contributed by atoms with Crippen molar-refractivity contribution in [2.75, 3.05) is 39.3 Å². The molecule has 1 fully saturated rings. The molecular weight excluding hydrogens is 204 g/mol. The molecule has 1 aliphatic rings. The molecule has 0 aliphatic carbocycles. The predicted molar refractivity (Wildman–Crippen MR) is 64.3 cm³/mol. The first kappa shape index (κ1) is 13.5. The van der Waals surface area contributed by atoms with Crippen LogP contribution in [0, 0.1) is 5.41 Å². The fraction of sp³-hybridized carbons (Fsp3) is 0.917. The van der Waals surface area contributed by atoms with E-state index in [9.17, 15) is 4.79 Å². The summed E-state index contributed by atoms with van der Waals surface area (Å²) < 4.78 is 5.22. The molecule has 1 saturated heterocycles. The van der Waals surface area contributed by atoms with E-state index < -0.39 is 0 Å². The second-order valence-electron chi connectivity index (χ2n) is 5.33. The summed E-state index contributed by atoms with van der Waals surface area (Å²) in [7, 11) is 0. The SMILES string of the molecule is CC(C)(C)C(=O)OCCCN1CCNCC1. The lowest BCUT2D eigenvalue weighted by Crippen LogP contribution is -2.44. The summed E-state index contributed by atoms with van der Waals surface area (Å²) >= 11 is 0. The van der Waals surface area contributed by atoms with Gasteiger partial charge in [0.05, 0.1) is 12.0 Å². The third kappa shape index (κ3) is 4.94. The van der Waals surface area contributed by atoms with Gasteiger partial charge in [-0.15, -0.1) is 0 Å². The van der Waals surface area contributed by atoms with Crippen LogP contribution in [0.5, 0.6) is 0 Å². The molecule has 0 aromatic heterocycles. The van der Waals surface area contributed by atoms with Crippen molar-refractivity contribution < 1.29 is 9.53 Å². The smallest absolute Gasteiger partial charge is 0.311 e. The summed E-state index contributed by atoms with van der Waals surface area (Å²) in [5, 5.41) is 3.32. The lowest BCUT2D eigenvalue weighted by atomic mass is 9.97. The van der Waals surface area contributed by atoms with Crippen molar-refractivity contribution >= 4 is 5.97 Å². The van der Waals surface area contributed by atoms with Gasteiger partial charge in [-0.3, -0.25) is 4.79 Å². The predicted octanol–water partition coefficient (Wildman–Crippen LogP) is 0.871. The number of rotatable bonds is 4. The molecule has 0 amide bonds. The van der Waals surface area contributed by atoms with Crippen molar-refractivity contribution in [2.45, 2.75) is 27.2 Å². The molecule has 1 N–H and O–H groups in total. The minimum atomic E-state index is -0.380. The normalized spacial score (nSPS) is 18.4. The number of hydrogen-bond donors (Lipinski definition) is 1.